The highest BCUT2D eigenvalue weighted by atomic mass is 16.5. The van der Waals surface area contributed by atoms with Crippen LogP contribution >= 0.6 is 0 Å². The first-order valence-electron chi connectivity index (χ1n) is 9.62. The Morgan fingerprint density at radius 3 is 2.29 bits per heavy atom. The van der Waals surface area contributed by atoms with E-state index in [2.05, 4.69) is 5.32 Å². The molecule has 2 heterocycles. The third-order valence-corrected chi connectivity index (χ3v) is 5.40. The zero-order chi connectivity index (χ0) is 22.1. The minimum atomic E-state index is -1.12. The lowest BCUT2D eigenvalue weighted by atomic mass is 9.87. The average Bonchev–Trinajstić information content (AvgIpc) is 3.17. The first-order valence-corrected chi connectivity index (χ1v) is 9.62. The average molecular weight is 422 g/mol. The fraction of sp³-hybridized carbons (Fsp3) is 0.217. The van der Waals surface area contributed by atoms with E-state index in [1.165, 1.54) is 27.5 Å². The number of hydrogen-bond donors (Lipinski definition) is 2. The molecule has 0 radical (unpaired) electrons. The second-order valence-electron chi connectivity index (χ2n) is 7.07. The van der Waals surface area contributed by atoms with Gasteiger partial charge in [0.15, 0.2) is 11.5 Å². The van der Waals surface area contributed by atoms with Gasteiger partial charge in [-0.1, -0.05) is 18.2 Å². The van der Waals surface area contributed by atoms with Crippen molar-refractivity contribution in [2.24, 2.45) is 0 Å². The molecular weight excluding hydrogens is 400 g/mol. The van der Waals surface area contributed by atoms with E-state index in [0.29, 0.717) is 28.5 Å². The van der Waals surface area contributed by atoms with Crippen molar-refractivity contribution in [3.63, 3.8) is 0 Å². The predicted octanol–water partition coefficient (Wildman–Crippen LogP) is 3.68. The number of para-hydroxylation sites is 1. The van der Waals surface area contributed by atoms with Gasteiger partial charge < -0.3 is 29.2 Å². The summed E-state index contributed by atoms with van der Waals surface area (Å²) in [5.74, 6) is -0.364. The number of ether oxygens (including phenoxy) is 3. The van der Waals surface area contributed by atoms with Gasteiger partial charge in [-0.2, -0.15) is 0 Å². The number of fused-ring (bicyclic) bond motifs is 1. The molecule has 3 aromatic rings. The zero-order valence-corrected chi connectivity index (χ0v) is 17.3. The molecule has 1 amide bonds. The number of nitrogens with zero attached hydrogens (tertiary/aromatic N) is 1. The van der Waals surface area contributed by atoms with E-state index >= 15 is 0 Å². The summed E-state index contributed by atoms with van der Waals surface area (Å²) >= 11 is 0. The van der Waals surface area contributed by atoms with E-state index in [1.54, 1.807) is 16.7 Å². The smallest absolute Gasteiger partial charge is 0.339 e. The second-order valence-corrected chi connectivity index (χ2v) is 7.07. The lowest BCUT2D eigenvalue weighted by molar-refractivity contribution is -0.116. The van der Waals surface area contributed by atoms with Crippen LogP contribution in [0.15, 0.2) is 48.7 Å². The Morgan fingerprint density at radius 2 is 1.68 bits per heavy atom. The van der Waals surface area contributed by atoms with Crippen LogP contribution in [0.5, 0.6) is 17.2 Å². The number of benzene rings is 2. The van der Waals surface area contributed by atoms with Crippen molar-refractivity contribution >= 4 is 17.6 Å². The van der Waals surface area contributed by atoms with E-state index in [9.17, 15) is 14.7 Å². The summed E-state index contributed by atoms with van der Waals surface area (Å²) < 4.78 is 18.2. The van der Waals surface area contributed by atoms with Gasteiger partial charge >= 0.3 is 5.97 Å². The molecule has 1 unspecified atom stereocenters. The number of aromatic carboxylic acids is 1. The van der Waals surface area contributed by atoms with E-state index in [-0.39, 0.29) is 23.6 Å². The van der Waals surface area contributed by atoms with Gasteiger partial charge in [0.25, 0.3) is 0 Å². The van der Waals surface area contributed by atoms with Crippen LogP contribution in [0.4, 0.5) is 5.69 Å². The number of carboxylic acid groups (broad SMARTS) is 1. The molecule has 1 atom stereocenters. The first kappa shape index (κ1) is 20.3. The molecule has 1 aromatic heterocycles. The van der Waals surface area contributed by atoms with E-state index in [1.807, 2.05) is 30.3 Å². The van der Waals surface area contributed by atoms with Crippen LogP contribution in [-0.4, -0.2) is 42.9 Å². The van der Waals surface area contributed by atoms with Crippen LogP contribution in [0.1, 0.15) is 34.0 Å². The molecular formula is C23H22N2O6. The molecule has 1 aliphatic rings. The van der Waals surface area contributed by atoms with Gasteiger partial charge in [0, 0.05) is 35.9 Å². The van der Waals surface area contributed by atoms with Crippen LogP contribution in [0, 0.1) is 0 Å². The molecule has 0 aliphatic carbocycles. The molecule has 2 aromatic carbocycles. The molecule has 160 valence electrons. The number of carbonyl (C=O) groups is 2. The first-order chi connectivity index (χ1) is 15.0. The number of hydrogen-bond acceptors (Lipinski definition) is 5. The number of nitrogens with one attached hydrogen (secondary N) is 1. The number of aromatic nitrogens is 1. The fourth-order valence-corrected chi connectivity index (χ4v) is 4.01. The Labute approximate surface area is 179 Å². The van der Waals surface area contributed by atoms with Gasteiger partial charge in [-0.05, 0) is 18.2 Å². The Kier molecular flexibility index (Phi) is 5.29. The van der Waals surface area contributed by atoms with Crippen LogP contribution in [0.2, 0.25) is 0 Å². The minimum Gasteiger partial charge on any atom is -0.496 e. The van der Waals surface area contributed by atoms with Crippen molar-refractivity contribution in [1.82, 2.24) is 4.57 Å². The summed E-state index contributed by atoms with van der Waals surface area (Å²) in [5, 5.41) is 12.5. The maximum Gasteiger partial charge on any atom is 0.339 e. The summed E-state index contributed by atoms with van der Waals surface area (Å²) in [5.41, 5.74) is 2.45. The third-order valence-electron chi connectivity index (χ3n) is 5.40. The molecule has 1 aliphatic heterocycles. The highest BCUT2D eigenvalue weighted by molar-refractivity contribution is 6.04. The van der Waals surface area contributed by atoms with Crippen LogP contribution < -0.4 is 19.5 Å². The monoisotopic (exact) mass is 422 g/mol. The standard InChI is InChI=1S/C23H22N2O6/c1-29-17-11-19(31-3)18(30-2)9-14(17)15-10-20(26)24-21-16(23(27)28)12-25(22(15)21)13-7-5-4-6-8-13/h4-9,11-12,15H,10H2,1-3H3,(H,24,26)(H,27,28). The van der Waals surface area contributed by atoms with Crippen molar-refractivity contribution in [3.05, 3.63) is 65.5 Å². The van der Waals surface area contributed by atoms with Crippen molar-refractivity contribution in [1.29, 1.82) is 0 Å². The van der Waals surface area contributed by atoms with E-state index in [0.717, 1.165) is 5.69 Å². The zero-order valence-electron chi connectivity index (χ0n) is 17.3. The summed E-state index contributed by atoms with van der Waals surface area (Å²) in [4.78, 5) is 24.5. The van der Waals surface area contributed by atoms with Gasteiger partial charge in [-0.3, -0.25) is 4.79 Å². The highest BCUT2D eigenvalue weighted by Crippen LogP contribution is 2.47. The van der Waals surface area contributed by atoms with Crippen molar-refractivity contribution in [3.8, 4) is 22.9 Å². The molecule has 31 heavy (non-hydrogen) atoms. The Bertz CT molecular complexity index is 1150. The van der Waals surface area contributed by atoms with Crippen LogP contribution in [0.3, 0.4) is 0 Å². The van der Waals surface area contributed by atoms with Gasteiger partial charge in [0.05, 0.1) is 32.7 Å². The normalized spacial score (nSPS) is 15.1. The Hall–Kier alpha value is -3.94. The van der Waals surface area contributed by atoms with Gasteiger partial charge in [0.1, 0.15) is 11.3 Å². The van der Waals surface area contributed by atoms with Crippen molar-refractivity contribution in [2.75, 3.05) is 26.6 Å². The number of rotatable bonds is 6. The van der Waals surface area contributed by atoms with Crippen molar-refractivity contribution in [2.45, 2.75) is 12.3 Å². The molecule has 2 N–H and O–H groups in total. The van der Waals surface area contributed by atoms with Gasteiger partial charge in [-0.25, -0.2) is 4.79 Å². The van der Waals surface area contributed by atoms with Gasteiger partial charge in [-0.15, -0.1) is 0 Å². The lowest BCUT2D eigenvalue weighted by Gasteiger charge is -2.28. The molecule has 0 saturated heterocycles. The predicted molar refractivity (Wildman–Crippen MR) is 114 cm³/mol. The molecule has 4 rings (SSSR count). The maximum atomic E-state index is 12.6. The number of methoxy groups -OCH3 is 3. The number of amides is 1. The van der Waals surface area contributed by atoms with E-state index < -0.39 is 11.9 Å². The largest absolute Gasteiger partial charge is 0.496 e. The highest BCUT2D eigenvalue weighted by Gasteiger charge is 2.36. The van der Waals surface area contributed by atoms with Crippen LogP contribution in [0.25, 0.3) is 5.69 Å². The number of anilines is 1. The topological polar surface area (TPSA) is 99.0 Å². The fourth-order valence-electron chi connectivity index (χ4n) is 4.01. The van der Waals surface area contributed by atoms with Crippen molar-refractivity contribution < 1.29 is 28.9 Å². The summed E-state index contributed by atoms with van der Waals surface area (Å²) in [6.45, 7) is 0. The summed E-state index contributed by atoms with van der Waals surface area (Å²) in [6, 6.07) is 12.9. The molecule has 0 bridgehead atoms. The summed E-state index contributed by atoms with van der Waals surface area (Å²) in [7, 11) is 4.60. The maximum absolute atomic E-state index is 12.6. The quantitative estimate of drug-likeness (QED) is 0.629. The third kappa shape index (κ3) is 3.46. The van der Waals surface area contributed by atoms with Gasteiger partial charge in [0.2, 0.25) is 5.91 Å². The second kappa shape index (κ2) is 8.06. The number of carbonyl (C=O) groups excluding carboxylic acids is 1. The van der Waals surface area contributed by atoms with Crippen LogP contribution in [-0.2, 0) is 4.79 Å². The molecule has 0 saturated carbocycles. The Balaban J connectivity index is 2.00. The molecule has 8 heteroatoms. The lowest BCUT2D eigenvalue weighted by Crippen LogP contribution is -2.25. The minimum absolute atomic E-state index is 0.0244. The molecule has 8 nitrogen and oxygen atoms in total. The SMILES string of the molecule is COc1cc(OC)c(C2CC(=O)Nc3c(C(=O)O)cn(-c4ccccc4)c32)cc1OC. The number of carboxylic acids is 1. The Morgan fingerprint density at radius 1 is 1.03 bits per heavy atom. The summed E-state index contributed by atoms with van der Waals surface area (Å²) in [6.07, 6.45) is 1.66. The molecule has 0 fully saturated rings. The van der Waals surface area contributed by atoms with E-state index in [4.69, 9.17) is 14.2 Å². The molecule has 0 spiro atoms.